The number of hydrogen-bond donors (Lipinski definition) is 1. The van der Waals surface area contributed by atoms with E-state index in [1.54, 1.807) is 24.3 Å². The molecular weight excluding hydrogens is 485 g/mol. The summed E-state index contributed by atoms with van der Waals surface area (Å²) in [5, 5.41) is 0. The van der Waals surface area contributed by atoms with Crippen molar-refractivity contribution in [3.63, 3.8) is 0 Å². The minimum atomic E-state index is -3.77. The summed E-state index contributed by atoms with van der Waals surface area (Å²) in [5.41, 5.74) is 0.839. The van der Waals surface area contributed by atoms with Gasteiger partial charge in [-0.05, 0) is 48.5 Å². The highest BCUT2D eigenvalue weighted by atomic mass is 79.9. The van der Waals surface area contributed by atoms with E-state index in [4.69, 9.17) is 0 Å². The molecule has 1 fully saturated rings. The predicted molar refractivity (Wildman–Crippen MR) is 113 cm³/mol. The van der Waals surface area contributed by atoms with Crippen LogP contribution in [0.15, 0.2) is 57.9 Å². The number of halogens is 2. The molecule has 1 heterocycles. The second-order valence-corrected chi connectivity index (χ2v) is 11.3. The number of anilines is 1. The molecule has 29 heavy (non-hydrogen) atoms. The second-order valence-electron chi connectivity index (χ2n) is 6.53. The average Bonchev–Trinajstić information content (AvgIpc) is 2.69. The number of sulfonamides is 2. The number of piperazine rings is 1. The third kappa shape index (κ3) is 5.76. The molecule has 1 aliphatic heterocycles. The standard InChI is InChI=1S/C18H21BrFN3O4S2/c19-15-1-7-18(8-2-15)29(26,27)21-9-14-28(24,25)23-12-10-22(11-13-23)17-5-3-16(20)4-6-17/h1-8,21H,9-14H2. The SMILES string of the molecule is O=S(=O)(NCCS(=O)(=O)N1CCN(c2ccc(F)cc2)CC1)c1ccc(Br)cc1. The maximum atomic E-state index is 13.0. The number of rotatable bonds is 7. The molecule has 1 N–H and O–H groups in total. The van der Waals surface area contributed by atoms with Crippen LogP contribution in [-0.2, 0) is 20.0 Å². The molecule has 1 saturated heterocycles. The van der Waals surface area contributed by atoms with Crippen LogP contribution in [-0.4, -0.2) is 59.6 Å². The molecule has 2 aromatic rings. The molecule has 0 unspecified atom stereocenters. The van der Waals surface area contributed by atoms with Crippen LogP contribution < -0.4 is 9.62 Å². The van der Waals surface area contributed by atoms with Gasteiger partial charge in [0.1, 0.15) is 5.82 Å². The van der Waals surface area contributed by atoms with Gasteiger partial charge in [-0.15, -0.1) is 0 Å². The Morgan fingerprint density at radius 2 is 1.48 bits per heavy atom. The van der Waals surface area contributed by atoms with Gasteiger partial charge >= 0.3 is 0 Å². The van der Waals surface area contributed by atoms with Gasteiger partial charge in [-0.3, -0.25) is 0 Å². The normalized spacial score (nSPS) is 16.1. The molecule has 0 bridgehead atoms. The van der Waals surface area contributed by atoms with Crippen molar-refractivity contribution >= 4 is 41.7 Å². The van der Waals surface area contributed by atoms with Gasteiger partial charge in [-0.1, -0.05) is 15.9 Å². The first-order valence-electron chi connectivity index (χ1n) is 8.91. The van der Waals surface area contributed by atoms with E-state index in [2.05, 4.69) is 20.7 Å². The number of nitrogens with zero attached hydrogens (tertiary/aromatic N) is 2. The molecule has 2 aromatic carbocycles. The number of nitrogens with one attached hydrogen (secondary N) is 1. The first-order valence-corrected chi connectivity index (χ1v) is 12.8. The fraction of sp³-hybridized carbons (Fsp3) is 0.333. The summed E-state index contributed by atoms with van der Waals surface area (Å²) in [4.78, 5) is 2.06. The molecule has 7 nitrogen and oxygen atoms in total. The van der Waals surface area contributed by atoms with Gasteiger partial charge in [0.25, 0.3) is 0 Å². The Balaban J connectivity index is 1.52. The molecule has 1 aliphatic rings. The molecule has 0 radical (unpaired) electrons. The van der Waals surface area contributed by atoms with E-state index in [-0.39, 0.29) is 23.0 Å². The van der Waals surface area contributed by atoms with Gasteiger partial charge in [0.15, 0.2) is 0 Å². The van der Waals surface area contributed by atoms with Crippen molar-refractivity contribution in [1.29, 1.82) is 0 Å². The van der Waals surface area contributed by atoms with Crippen molar-refractivity contribution in [2.45, 2.75) is 4.90 Å². The molecule has 11 heteroatoms. The summed E-state index contributed by atoms with van der Waals surface area (Å²) in [6.07, 6.45) is 0. The average molecular weight is 506 g/mol. The lowest BCUT2D eigenvalue weighted by molar-refractivity contribution is 0.385. The lowest BCUT2D eigenvalue weighted by atomic mass is 10.2. The smallest absolute Gasteiger partial charge is 0.240 e. The fourth-order valence-electron chi connectivity index (χ4n) is 3.01. The van der Waals surface area contributed by atoms with Crippen molar-refractivity contribution in [3.05, 3.63) is 58.8 Å². The van der Waals surface area contributed by atoms with Crippen molar-refractivity contribution < 1.29 is 21.2 Å². The Labute approximate surface area is 178 Å². The van der Waals surface area contributed by atoms with Gasteiger partial charge in [-0.2, -0.15) is 4.31 Å². The van der Waals surface area contributed by atoms with E-state index in [0.29, 0.717) is 26.2 Å². The highest BCUT2D eigenvalue weighted by Crippen LogP contribution is 2.18. The summed E-state index contributed by atoms with van der Waals surface area (Å²) in [6.45, 7) is 1.34. The largest absolute Gasteiger partial charge is 0.369 e. The minimum absolute atomic E-state index is 0.0750. The van der Waals surface area contributed by atoms with Crippen LogP contribution in [0.4, 0.5) is 10.1 Å². The molecule has 0 saturated carbocycles. The summed E-state index contributed by atoms with van der Waals surface area (Å²) in [5.74, 6) is -0.639. The highest BCUT2D eigenvalue weighted by molar-refractivity contribution is 9.10. The molecule has 0 atom stereocenters. The molecule has 0 amide bonds. The zero-order chi connectivity index (χ0) is 21.1. The van der Waals surface area contributed by atoms with Gasteiger partial charge in [0, 0.05) is 42.9 Å². The second kappa shape index (κ2) is 9.09. The van der Waals surface area contributed by atoms with Crippen LogP contribution in [0.1, 0.15) is 0 Å². The van der Waals surface area contributed by atoms with Crippen LogP contribution in [0.5, 0.6) is 0 Å². The molecular formula is C18H21BrFN3O4S2. The van der Waals surface area contributed by atoms with Crippen LogP contribution in [0.2, 0.25) is 0 Å². The Bertz CT molecular complexity index is 1040. The molecule has 0 spiro atoms. The van der Waals surface area contributed by atoms with Gasteiger partial charge in [-0.25, -0.2) is 25.9 Å². The lowest BCUT2D eigenvalue weighted by Gasteiger charge is -2.35. The Kier molecular flexibility index (Phi) is 6.94. The quantitative estimate of drug-likeness (QED) is 0.621. The summed E-state index contributed by atoms with van der Waals surface area (Å²) in [7, 11) is -7.37. The Hall–Kier alpha value is -1.53. The Morgan fingerprint density at radius 1 is 0.897 bits per heavy atom. The molecule has 0 aromatic heterocycles. The van der Waals surface area contributed by atoms with Crippen molar-refractivity contribution in [2.75, 3.05) is 43.4 Å². The lowest BCUT2D eigenvalue weighted by Crippen LogP contribution is -2.50. The summed E-state index contributed by atoms with van der Waals surface area (Å²) < 4.78 is 67.1. The third-order valence-electron chi connectivity index (χ3n) is 4.60. The maximum Gasteiger partial charge on any atom is 0.240 e. The third-order valence-corrected chi connectivity index (χ3v) is 8.48. The van der Waals surface area contributed by atoms with E-state index in [9.17, 15) is 21.2 Å². The van der Waals surface area contributed by atoms with E-state index < -0.39 is 20.0 Å². The first-order chi connectivity index (χ1) is 13.7. The Morgan fingerprint density at radius 3 is 2.07 bits per heavy atom. The van der Waals surface area contributed by atoms with Gasteiger partial charge in [0.2, 0.25) is 20.0 Å². The van der Waals surface area contributed by atoms with Crippen LogP contribution in [0.25, 0.3) is 0 Å². The fourth-order valence-corrected chi connectivity index (χ4v) is 5.77. The number of hydrogen-bond acceptors (Lipinski definition) is 5. The predicted octanol–water partition coefficient (Wildman–Crippen LogP) is 2.02. The van der Waals surface area contributed by atoms with Gasteiger partial charge < -0.3 is 4.90 Å². The highest BCUT2D eigenvalue weighted by Gasteiger charge is 2.27. The number of benzene rings is 2. The van der Waals surface area contributed by atoms with Crippen LogP contribution >= 0.6 is 15.9 Å². The first kappa shape index (κ1) is 22.2. The zero-order valence-electron chi connectivity index (χ0n) is 15.5. The van der Waals surface area contributed by atoms with E-state index >= 15 is 0 Å². The maximum absolute atomic E-state index is 13.0. The molecule has 158 valence electrons. The molecule has 0 aliphatic carbocycles. The summed E-state index contributed by atoms with van der Waals surface area (Å²) in [6, 6.07) is 12.2. The van der Waals surface area contributed by atoms with Crippen molar-refractivity contribution in [3.8, 4) is 0 Å². The van der Waals surface area contributed by atoms with Crippen molar-refractivity contribution in [1.82, 2.24) is 9.03 Å². The zero-order valence-corrected chi connectivity index (χ0v) is 18.7. The summed E-state index contributed by atoms with van der Waals surface area (Å²) >= 11 is 3.24. The van der Waals surface area contributed by atoms with E-state index in [1.165, 1.54) is 28.6 Å². The molecule has 3 rings (SSSR count). The topological polar surface area (TPSA) is 86.8 Å². The van der Waals surface area contributed by atoms with Crippen LogP contribution in [0.3, 0.4) is 0 Å². The van der Waals surface area contributed by atoms with Crippen LogP contribution in [0, 0.1) is 5.82 Å². The van der Waals surface area contributed by atoms with Crippen molar-refractivity contribution in [2.24, 2.45) is 0 Å². The van der Waals surface area contributed by atoms with Gasteiger partial charge in [0.05, 0.1) is 10.6 Å². The minimum Gasteiger partial charge on any atom is -0.369 e. The van der Waals surface area contributed by atoms with E-state index in [0.717, 1.165) is 10.2 Å². The van der Waals surface area contributed by atoms with E-state index in [1.807, 2.05) is 4.90 Å². The monoisotopic (exact) mass is 505 g/mol.